The molecule has 0 radical (unpaired) electrons. The first-order valence-electron chi connectivity index (χ1n) is 5.47. The lowest BCUT2D eigenvalue weighted by molar-refractivity contribution is -0.384. The van der Waals surface area contributed by atoms with E-state index in [1.165, 1.54) is 12.1 Å². The van der Waals surface area contributed by atoms with Crippen molar-refractivity contribution in [1.29, 1.82) is 0 Å². The van der Waals surface area contributed by atoms with E-state index in [4.69, 9.17) is 4.52 Å². The van der Waals surface area contributed by atoms with Crippen LogP contribution in [0.5, 0.6) is 0 Å². The van der Waals surface area contributed by atoms with Crippen LogP contribution in [-0.2, 0) is 6.54 Å². The molecule has 0 saturated heterocycles. The van der Waals surface area contributed by atoms with Gasteiger partial charge in [0.05, 0.1) is 11.5 Å². The van der Waals surface area contributed by atoms with E-state index in [1.54, 1.807) is 6.07 Å². The number of hydrogen-bond donors (Lipinski definition) is 1. The minimum atomic E-state index is -0.412. The van der Waals surface area contributed by atoms with E-state index >= 15 is 0 Å². The molecule has 2 rings (SSSR count). The predicted octanol–water partition coefficient (Wildman–Crippen LogP) is 2.81. The highest BCUT2D eigenvalue weighted by Crippen LogP contribution is 2.22. The normalized spacial score (nSPS) is 10.3. The van der Waals surface area contributed by atoms with Gasteiger partial charge in [-0.05, 0) is 19.4 Å². The molecule has 0 aliphatic carbocycles. The summed E-state index contributed by atoms with van der Waals surface area (Å²) in [5.74, 6) is 0.738. The van der Waals surface area contributed by atoms with Crippen molar-refractivity contribution in [3.05, 3.63) is 51.4 Å². The Morgan fingerprint density at radius 1 is 1.39 bits per heavy atom. The molecular formula is C12H13N3O3. The summed E-state index contributed by atoms with van der Waals surface area (Å²) >= 11 is 0. The first kappa shape index (κ1) is 12.1. The number of aromatic nitrogens is 1. The first-order chi connectivity index (χ1) is 8.56. The highest BCUT2D eigenvalue weighted by atomic mass is 16.6. The largest absolute Gasteiger partial charge is 0.379 e. The molecule has 0 bridgehead atoms. The van der Waals surface area contributed by atoms with Crippen molar-refractivity contribution in [2.45, 2.75) is 20.4 Å². The second-order valence-corrected chi connectivity index (χ2v) is 4.04. The molecule has 0 atom stereocenters. The molecule has 0 amide bonds. The summed E-state index contributed by atoms with van der Waals surface area (Å²) in [5.41, 5.74) is 2.50. The maximum absolute atomic E-state index is 10.7. The summed E-state index contributed by atoms with van der Waals surface area (Å²) in [4.78, 5) is 10.3. The SMILES string of the molecule is Cc1cc(CNc2cc([N+](=O)[O-])ccc2C)no1. The van der Waals surface area contributed by atoms with Crippen molar-refractivity contribution in [1.82, 2.24) is 5.16 Å². The Hall–Kier alpha value is -2.37. The van der Waals surface area contributed by atoms with Crippen LogP contribution in [0.3, 0.4) is 0 Å². The zero-order valence-corrected chi connectivity index (χ0v) is 10.1. The quantitative estimate of drug-likeness (QED) is 0.663. The number of nitro groups is 1. The fourth-order valence-corrected chi connectivity index (χ4v) is 1.60. The van der Waals surface area contributed by atoms with Crippen molar-refractivity contribution in [2.24, 2.45) is 0 Å². The molecule has 18 heavy (non-hydrogen) atoms. The van der Waals surface area contributed by atoms with Gasteiger partial charge in [-0.1, -0.05) is 11.2 Å². The third-order valence-electron chi connectivity index (χ3n) is 2.57. The summed E-state index contributed by atoms with van der Waals surface area (Å²) in [6.07, 6.45) is 0. The van der Waals surface area contributed by atoms with E-state index in [0.29, 0.717) is 6.54 Å². The summed E-state index contributed by atoms with van der Waals surface area (Å²) in [6, 6.07) is 6.54. The molecule has 1 heterocycles. The molecule has 2 aromatic rings. The van der Waals surface area contributed by atoms with Crippen molar-refractivity contribution in [2.75, 3.05) is 5.32 Å². The number of hydrogen-bond acceptors (Lipinski definition) is 5. The van der Waals surface area contributed by atoms with Crippen LogP contribution in [0.2, 0.25) is 0 Å². The molecular weight excluding hydrogens is 234 g/mol. The minimum Gasteiger partial charge on any atom is -0.379 e. The fraction of sp³-hybridized carbons (Fsp3) is 0.250. The number of rotatable bonds is 4. The van der Waals surface area contributed by atoms with Crippen molar-refractivity contribution < 1.29 is 9.45 Å². The van der Waals surface area contributed by atoms with Gasteiger partial charge in [0.25, 0.3) is 5.69 Å². The van der Waals surface area contributed by atoms with E-state index in [0.717, 1.165) is 22.7 Å². The maximum Gasteiger partial charge on any atom is 0.271 e. The third kappa shape index (κ3) is 2.65. The summed E-state index contributed by atoms with van der Waals surface area (Å²) in [5, 5.41) is 17.7. The third-order valence-corrected chi connectivity index (χ3v) is 2.57. The molecule has 0 spiro atoms. The lowest BCUT2D eigenvalue weighted by atomic mass is 10.2. The van der Waals surface area contributed by atoms with E-state index in [9.17, 15) is 10.1 Å². The van der Waals surface area contributed by atoms with Crippen LogP contribution in [0.1, 0.15) is 17.0 Å². The van der Waals surface area contributed by atoms with Gasteiger partial charge in [-0.25, -0.2) is 0 Å². The Morgan fingerprint density at radius 3 is 2.78 bits per heavy atom. The second kappa shape index (κ2) is 4.87. The van der Waals surface area contributed by atoms with Crippen LogP contribution >= 0.6 is 0 Å². The first-order valence-corrected chi connectivity index (χ1v) is 5.47. The molecule has 6 heteroatoms. The van der Waals surface area contributed by atoms with Gasteiger partial charge in [0, 0.05) is 23.9 Å². The summed E-state index contributed by atoms with van der Waals surface area (Å²) < 4.78 is 4.95. The molecule has 94 valence electrons. The van der Waals surface area contributed by atoms with Crippen LogP contribution in [-0.4, -0.2) is 10.1 Å². The highest BCUT2D eigenvalue weighted by Gasteiger charge is 2.09. The van der Waals surface area contributed by atoms with Crippen molar-refractivity contribution >= 4 is 11.4 Å². The number of non-ortho nitro benzene ring substituents is 1. The molecule has 0 aliphatic heterocycles. The highest BCUT2D eigenvalue weighted by molar-refractivity contribution is 5.56. The van der Waals surface area contributed by atoms with E-state index < -0.39 is 4.92 Å². The topological polar surface area (TPSA) is 81.2 Å². The van der Waals surface area contributed by atoms with Gasteiger partial charge in [0.1, 0.15) is 11.5 Å². The van der Waals surface area contributed by atoms with Gasteiger partial charge < -0.3 is 9.84 Å². The zero-order valence-electron chi connectivity index (χ0n) is 10.1. The zero-order chi connectivity index (χ0) is 13.1. The molecule has 1 N–H and O–H groups in total. The van der Waals surface area contributed by atoms with Gasteiger partial charge in [-0.15, -0.1) is 0 Å². The molecule has 6 nitrogen and oxygen atoms in total. The number of aryl methyl sites for hydroxylation is 2. The average molecular weight is 247 g/mol. The Morgan fingerprint density at radius 2 is 2.17 bits per heavy atom. The molecule has 0 fully saturated rings. The monoisotopic (exact) mass is 247 g/mol. The summed E-state index contributed by atoms with van der Waals surface area (Å²) in [7, 11) is 0. The molecule has 0 aliphatic rings. The number of nitrogens with zero attached hydrogens (tertiary/aromatic N) is 2. The number of nitro benzene ring substituents is 1. The second-order valence-electron chi connectivity index (χ2n) is 4.04. The molecule has 1 aromatic heterocycles. The van der Waals surface area contributed by atoms with Crippen LogP contribution < -0.4 is 5.32 Å². The van der Waals surface area contributed by atoms with E-state index in [-0.39, 0.29) is 5.69 Å². The minimum absolute atomic E-state index is 0.0689. The van der Waals surface area contributed by atoms with Gasteiger partial charge in [-0.3, -0.25) is 10.1 Å². The number of anilines is 1. The molecule has 1 aromatic carbocycles. The lowest BCUT2D eigenvalue weighted by Gasteiger charge is -2.07. The number of nitrogens with one attached hydrogen (secondary N) is 1. The van der Waals surface area contributed by atoms with Gasteiger partial charge >= 0.3 is 0 Å². The average Bonchev–Trinajstić information content (AvgIpc) is 2.74. The molecule has 0 saturated carbocycles. The fourth-order valence-electron chi connectivity index (χ4n) is 1.60. The Bertz CT molecular complexity index is 578. The van der Waals surface area contributed by atoms with Crippen molar-refractivity contribution in [3.8, 4) is 0 Å². The van der Waals surface area contributed by atoms with Crippen LogP contribution in [0.4, 0.5) is 11.4 Å². The Balaban J connectivity index is 2.13. The van der Waals surface area contributed by atoms with E-state index in [1.807, 2.05) is 19.9 Å². The molecule has 0 unspecified atom stereocenters. The van der Waals surface area contributed by atoms with Gasteiger partial charge in [0.2, 0.25) is 0 Å². The lowest BCUT2D eigenvalue weighted by Crippen LogP contribution is -2.02. The Kier molecular flexibility index (Phi) is 3.27. The smallest absolute Gasteiger partial charge is 0.271 e. The van der Waals surface area contributed by atoms with Gasteiger partial charge in [0.15, 0.2) is 0 Å². The summed E-state index contributed by atoms with van der Waals surface area (Å²) in [6.45, 7) is 4.18. The Labute approximate surface area is 104 Å². The van der Waals surface area contributed by atoms with Crippen LogP contribution in [0, 0.1) is 24.0 Å². The maximum atomic E-state index is 10.7. The van der Waals surface area contributed by atoms with Crippen LogP contribution in [0.15, 0.2) is 28.8 Å². The predicted molar refractivity (Wildman–Crippen MR) is 66.4 cm³/mol. The standard InChI is InChI=1S/C12H13N3O3/c1-8-3-4-11(15(16)17)6-12(8)13-7-10-5-9(2)18-14-10/h3-6,13H,7H2,1-2H3. The van der Waals surface area contributed by atoms with Gasteiger partial charge in [-0.2, -0.15) is 0 Å². The van der Waals surface area contributed by atoms with Crippen molar-refractivity contribution in [3.63, 3.8) is 0 Å². The van der Waals surface area contributed by atoms with E-state index in [2.05, 4.69) is 10.5 Å². The van der Waals surface area contributed by atoms with Crippen LogP contribution in [0.25, 0.3) is 0 Å². The number of benzene rings is 1.